The molecule has 304 valence electrons. The zero-order valence-corrected chi connectivity index (χ0v) is 31.5. The number of ether oxygens (including phenoxy) is 2. The van der Waals surface area contributed by atoms with Gasteiger partial charge in [0.2, 0.25) is 0 Å². The van der Waals surface area contributed by atoms with Crippen LogP contribution in [0.25, 0.3) is 0 Å². The van der Waals surface area contributed by atoms with E-state index < -0.39 is 74.4 Å². The van der Waals surface area contributed by atoms with Crippen molar-refractivity contribution in [3.8, 4) is 0 Å². The molecule has 0 bridgehead atoms. The van der Waals surface area contributed by atoms with Crippen molar-refractivity contribution >= 4 is 0 Å². The van der Waals surface area contributed by atoms with Gasteiger partial charge in [-0.15, -0.1) is 0 Å². The monoisotopic (exact) mass is 742 g/mol. The first-order valence-electron chi connectivity index (χ1n) is 20.6. The third-order valence-electron chi connectivity index (χ3n) is 10.8. The van der Waals surface area contributed by atoms with E-state index in [4.69, 9.17) is 9.47 Å². The Kier molecular flexibility index (Phi) is 24.7. The van der Waals surface area contributed by atoms with E-state index >= 15 is 0 Å². The van der Waals surface area contributed by atoms with E-state index in [1.807, 2.05) is 0 Å². The van der Waals surface area contributed by atoms with E-state index in [1.54, 1.807) is 0 Å². The lowest BCUT2D eigenvalue weighted by molar-refractivity contribution is -0.303. The van der Waals surface area contributed by atoms with Crippen LogP contribution in [0.4, 0.5) is 13.2 Å². The van der Waals surface area contributed by atoms with Gasteiger partial charge in [-0.2, -0.15) is 13.2 Å². The Bertz CT molecular complexity index is 837. The van der Waals surface area contributed by atoms with Crippen LogP contribution in [0.5, 0.6) is 0 Å². The zero-order chi connectivity index (χ0) is 37.5. The summed E-state index contributed by atoms with van der Waals surface area (Å²) in [5.74, 6) is 0.947. The molecule has 1 aliphatic carbocycles. The van der Waals surface area contributed by atoms with E-state index in [9.17, 15) is 43.8 Å². The molecule has 0 aromatic heterocycles. The summed E-state index contributed by atoms with van der Waals surface area (Å²) in [5.41, 5.74) is 0. The molecular formula is C39H74F3NO8. The maximum Gasteiger partial charge on any atom is 0.403 e. The topological polar surface area (TPSA) is 152 Å². The van der Waals surface area contributed by atoms with Gasteiger partial charge in [0.25, 0.3) is 0 Å². The fourth-order valence-electron chi connectivity index (χ4n) is 7.13. The summed E-state index contributed by atoms with van der Waals surface area (Å²) in [5, 5.41) is 64.6. The van der Waals surface area contributed by atoms with Gasteiger partial charge in [0.05, 0.1) is 31.5 Å². The molecular weight excluding hydrogens is 667 g/mol. The van der Waals surface area contributed by atoms with Crippen LogP contribution in [0, 0.1) is 5.92 Å². The molecule has 5 unspecified atom stereocenters. The molecule has 0 radical (unpaired) electrons. The highest BCUT2D eigenvalue weighted by Gasteiger charge is 2.46. The van der Waals surface area contributed by atoms with Crippen LogP contribution in [0.2, 0.25) is 0 Å². The van der Waals surface area contributed by atoms with Crippen LogP contribution >= 0.6 is 0 Å². The number of hydrogen-bond donors (Lipinski definition) is 7. The molecule has 2 rings (SSSR count). The molecule has 9 nitrogen and oxygen atoms in total. The van der Waals surface area contributed by atoms with Gasteiger partial charge in [0.15, 0.2) is 6.29 Å². The average molecular weight is 742 g/mol. The highest BCUT2D eigenvalue weighted by Crippen LogP contribution is 2.34. The van der Waals surface area contributed by atoms with Crippen molar-refractivity contribution in [1.29, 1.82) is 0 Å². The summed E-state index contributed by atoms with van der Waals surface area (Å²) in [6.07, 6.45) is 9.70. The van der Waals surface area contributed by atoms with Gasteiger partial charge in [-0.1, -0.05) is 155 Å². The van der Waals surface area contributed by atoms with Gasteiger partial charge < -0.3 is 40.1 Å². The second kappa shape index (κ2) is 27.1. The standard InChI is InChI=1S/C39H74F3NO8/c1-2-3-4-5-6-7-8-9-10-14-17-20-23-31(45)34(46)30(28-50-38-37(49)36(48)35(47)32(27-44)51-38)43-33(39(40,41)42)24-21-18-15-12-11-13-16-19-22-29-25-26-29/h29-38,43-49H,2-28H2,1H3/t30-,31+,32?,33-,34-,35?,36?,37?,38?/m0/s1. The normalized spacial score (nSPS) is 25.2. The number of hydrogen-bond acceptors (Lipinski definition) is 9. The Labute approximate surface area is 306 Å². The molecule has 12 heteroatoms. The summed E-state index contributed by atoms with van der Waals surface area (Å²) in [7, 11) is 0. The minimum Gasteiger partial charge on any atom is -0.394 e. The highest BCUT2D eigenvalue weighted by atomic mass is 19.4. The Balaban J connectivity index is 1.85. The van der Waals surface area contributed by atoms with Crippen LogP contribution in [-0.4, -0.2) is 105 Å². The quantitative estimate of drug-likeness (QED) is 0.0369. The lowest BCUT2D eigenvalue weighted by Crippen LogP contribution is -2.61. The van der Waals surface area contributed by atoms with Crippen LogP contribution in [-0.2, 0) is 9.47 Å². The second-order valence-electron chi connectivity index (χ2n) is 15.5. The van der Waals surface area contributed by atoms with Crippen molar-refractivity contribution in [2.24, 2.45) is 5.92 Å². The molecule has 9 atom stereocenters. The largest absolute Gasteiger partial charge is 0.403 e. The van der Waals surface area contributed by atoms with Crippen LogP contribution in [0.3, 0.4) is 0 Å². The first-order valence-corrected chi connectivity index (χ1v) is 20.6. The van der Waals surface area contributed by atoms with Crippen molar-refractivity contribution in [3.63, 3.8) is 0 Å². The molecule has 1 saturated carbocycles. The molecule has 1 aliphatic heterocycles. The SMILES string of the molecule is CCCCCCCCCCCCCC[C@@H](O)[C@@H](O)[C@H](COC1OC(CO)C(O)C(O)C1O)N[C@@H](CCCCCCCCCCC1CC1)C(F)(F)F. The number of halogens is 3. The van der Waals surface area contributed by atoms with E-state index in [0.29, 0.717) is 19.3 Å². The van der Waals surface area contributed by atoms with E-state index in [-0.39, 0.29) is 12.8 Å². The lowest BCUT2D eigenvalue weighted by Gasteiger charge is -2.40. The number of rotatable bonds is 32. The van der Waals surface area contributed by atoms with Gasteiger partial charge >= 0.3 is 6.18 Å². The summed E-state index contributed by atoms with van der Waals surface area (Å²) < 4.78 is 53.7. The summed E-state index contributed by atoms with van der Waals surface area (Å²) in [4.78, 5) is 0. The predicted octanol–water partition coefficient (Wildman–Crippen LogP) is 6.82. The van der Waals surface area contributed by atoms with Crippen molar-refractivity contribution in [2.75, 3.05) is 13.2 Å². The molecule has 51 heavy (non-hydrogen) atoms. The maximum absolute atomic E-state index is 14.3. The molecule has 7 N–H and O–H groups in total. The summed E-state index contributed by atoms with van der Waals surface area (Å²) >= 11 is 0. The Morgan fingerprint density at radius 2 is 1.18 bits per heavy atom. The highest BCUT2D eigenvalue weighted by molar-refractivity contribution is 4.91. The molecule has 2 fully saturated rings. The molecule has 0 spiro atoms. The number of aliphatic hydroxyl groups excluding tert-OH is 6. The number of alkyl halides is 3. The minimum absolute atomic E-state index is 0.202. The van der Waals surface area contributed by atoms with Crippen molar-refractivity contribution in [3.05, 3.63) is 0 Å². The minimum atomic E-state index is -4.62. The third kappa shape index (κ3) is 20.1. The van der Waals surface area contributed by atoms with Crippen LogP contribution in [0.15, 0.2) is 0 Å². The third-order valence-corrected chi connectivity index (χ3v) is 10.8. The Hall–Kier alpha value is -0.570. The van der Waals surface area contributed by atoms with Gasteiger partial charge in [-0.25, -0.2) is 0 Å². The fourth-order valence-corrected chi connectivity index (χ4v) is 7.13. The summed E-state index contributed by atoms with van der Waals surface area (Å²) in [6, 6.07) is -3.34. The predicted molar refractivity (Wildman–Crippen MR) is 193 cm³/mol. The smallest absolute Gasteiger partial charge is 0.394 e. The Morgan fingerprint density at radius 1 is 0.686 bits per heavy atom. The second-order valence-corrected chi connectivity index (χ2v) is 15.5. The van der Waals surface area contributed by atoms with Gasteiger partial charge in [-0.3, -0.25) is 5.32 Å². The molecule has 0 aromatic carbocycles. The van der Waals surface area contributed by atoms with Gasteiger partial charge in [-0.05, 0) is 18.8 Å². The molecule has 2 aliphatic rings. The Morgan fingerprint density at radius 3 is 1.67 bits per heavy atom. The van der Waals surface area contributed by atoms with Crippen LogP contribution in [0.1, 0.15) is 167 Å². The molecule has 1 heterocycles. The van der Waals surface area contributed by atoms with Crippen molar-refractivity contribution in [2.45, 2.75) is 229 Å². The molecule has 0 amide bonds. The lowest BCUT2D eigenvalue weighted by atomic mass is 9.97. The van der Waals surface area contributed by atoms with Gasteiger partial charge in [0, 0.05) is 0 Å². The fraction of sp³-hybridized carbons (Fsp3) is 1.00. The number of unbranched alkanes of at least 4 members (excludes halogenated alkanes) is 18. The van der Waals surface area contributed by atoms with E-state index in [1.165, 1.54) is 77.0 Å². The average Bonchev–Trinajstić information content (AvgIpc) is 3.93. The molecule has 1 saturated heterocycles. The maximum atomic E-state index is 14.3. The van der Waals surface area contributed by atoms with Crippen molar-refractivity contribution < 1.29 is 53.3 Å². The van der Waals surface area contributed by atoms with E-state index in [2.05, 4.69) is 12.2 Å². The number of aliphatic hydroxyl groups is 6. The number of nitrogens with one attached hydrogen (secondary N) is 1. The first kappa shape index (κ1) is 46.6. The van der Waals surface area contributed by atoms with E-state index in [0.717, 1.165) is 57.3 Å². The van der Waals surface area contributed by atoms with Gasteiger partial charge in [0.1, 0.15) is 30.5 Å². The first-order chi connectivity index (χ1) is 24.5. The van der Waals surface area contributed by atoms with Crippen molar-refractivity contribution in [1.82, 2.24) is 5.32 Å². The zero-order valence-electron chi connectivity index (χ0n) is 31.5. The summed E-state index contributed by atoms with van der Waals surface area (Å²) in [6.45, 7) is 0.929. The molecule has 0 aromatic rings. The van der Waals surface area contributed by atoms with Crippen LogP contribution < -0.4 is 5.32 Å².